The summed E-state index contributed by atoms with van der Waals surface area (Å²) in [6.07, 6.45) is -6.80. The minimum Gasteiger partial charge on any atom is -0.493 e. The SMILES string of the molecule is C=C[C@@H](O)c1cc(OC)c(O[C@@H]2O[C@H](CO)[C@@H](O)[C@@H](O)[C@@H]2O)c(OC)c1. The Hall–Kier alpha value is -1.88. The third-order valence-electron chi connectivity index (χ3n) is 4.13. The fourth-order valence-corrected chi connectivity index (χ4v) is 2.60. The molecular weight excluding hydrogens is 348 g/mol. The summed E-state index contributed by atoms with van der Waals surface area (Å²) in [6, 6.07) is 2.99. The third kappa shape index (κ3) is 3.93. The van der Waals surface area contributed by atoms with Gasteiger partial charge in [0, 0.05) is 0 Å². The minimum atomic E-state index is -1.58. The summed E-state index contributed by atoms with van der Waals surface area (Å²) in [7, 11) is 2.75. The highest BCUT2D eigenvalue weighted by atomic mass is 16.7. The van der Waals surface area contributed by atoms with Gasteiger partial charge >= 0.3 is 0 Å². The second kappa shape index (κ2) is 8.67. The van der Waals surface area contributed by atoms with Crippen molar-refractivity contribution >= 4 is 0 Å². The fraction of sp³-hybridized carbons (Fsp3) is 0.529. The lowest BCUT2D eigenvalue weighted by Gasteiger charge is -2.39. The van der Waals surface area contributed by atoms with Crippen molar-refractivity contribution in [3.63, 3.8) is 0 Å². The van der Waals surface area contributed by atoms with Gasteiger partial charge in [0.1, 0.15) is 24.4 Å². The van der Waals surface area contributed by atoms with E-state index in [1.54, 1.807) is 0 Å². The van der Waals surface area contributed by atoms with Crippen LogP contribution in [0.15, 0.2) is 24.8 Å². The third-order valence-corrected chi connectivity index (χ3v) is 4.13. The van der Waals surface area contributed by atoms with E-state index in [4.69, 9.17) is 18.9 Å². The Morgan fingerprint density at radius 3 is 2.15 bits per heavy atom. The van der Waals surface area contributed by atoms with Crippen molar-refractivity contribution in [2.24, 2.45) is 0 Å². The molecule has 0 aromatic heterocycles. The van der Waals surface area contributed by atoms with E-state index in [1.807, 2.05) is 0 Å². The molecule has 2 rings (SSSR count). The Morgan fingerprint density at radius 2 is 1.69 bits per heavy atom. The van der Waals surface area contributed by atoms with Crippen LogP contribution in [0.3, 0.4) is 0 Å². The molecular formula is C17H24O9. The van der Waals surface area contributed by atoms with Crippen LogP contribution in [0.5, 0.6) is 17.2 Å². The van der Waals surface area contributed by atoms with Gasteiger partial charge in [-0.15, -0.1) is 6.58 Å². The van der Waals surface area contributed by atoms with Crippen molar-refractivity contribution in [1.29, 1.82) is 0 Å². The van der Waals surface area contributed by atoms with Gasteiger partial charge in [-0.05, 0) is 17.7 Å². The summed E-state index contributed by atoms with van der Waals surface area (Å²) in [5.74, 6) is 0.411. The predicted molar refractivity (Wildman–Crippen MR) is 89.1 cm³/mol. The van der Waals surface area contributed by atoms with Gasteiger partial charge in [-0.3, -0.25) is 0 Å². The molecule has 0 saturated carbocycles. The molecule has 1 aromatic carbocycles. The van der Waals surface area contributed by atoms with Crippen molar-refractivity contribution < 1.29 is 44.5 Å². The summed E-state index contributed by atoms with van der Waals surface area (Å²) in [4.78, 5) is 0. The summed E-state index contributed by atoms with van der Waals surface area (Å²) in [5, 5.41) is 49.0. The van der Waals surface area contributed by atoms with Crippen LogP contribution in [0.4, 0.5) is 0 Å². The number of hydrogen-bond acceptors (Lipinski definition) is 9. The van der Waals surface area contributed by atoms with Gasteiger partial charge in [0.05, 0.1) is 26.9 Å². The lowest BCUT2D eigenvalue weighted by molar-refractivity contribution is -0.277. The van der Waals surface area contributed by atoms with E-state index in [9.17, 15) is 25.5 Å². The van der Waals surface area contributed by atoms with Crippen molar-refractivity contribution in [1.82, 2.24) is 0 Å². The Labute approximate surface area is 150 Å². The Bertz CT molecular complexity index is 593. The molecule has 0 radical (unpaired) electrons. The van der Waals surface area contributed by atoms with Crippen molar-refractivity contribution in [2.75, 3.05) is 20.8 Å². The van der Waals surface area contributed by atoms with Gasteiger partial charge in [0.15, 0.2) is 11.5 Å². The number of methoxy groups -OCH3 is 2. The zero-order valence-electron chi connectivity index (χ0n) is 14.5. The summed E-state index contributed by atoms with van der Waals surface area (Å²) >= 11 is 0. The van der Waals surface area contributed by atoms with Crippen LogP contribution in [-0.4, -0.2) is 77.1 Å². The number of rotatable bonds is 7. The number of benzene rings is 1. The average Bonchev–Trinajstić information content (AvgIpc) is 2.67. The minimum absolute atomic E-state index is 0.0549. The number of ether oxygens (including phenoxy) is 4. The standard InChI is InChI=1S/C17H24O9/c1-4-9(19)8-5-10(23-2)16(11(6-8)24-3)26-17-15(22)14(21)13(20)12(7-18)25-17/h4-6,9,12-15,17-22H,1,7H2,2-3H3/t9-,12-,13-,14-,15+,17+/m1/s1. The lowest BCUT2D eigenvalue weighted by atomic mass is 9.99. The number of aliphatic hydroxyl groups excluding tert-OH is 5. The van der Waals surface area contributed by atoms with Crippen LogP contribution < -0.4 is 14.2 Å². The molecule has 1 aliphatic heterocycles. The fourth-order valence-electron chi connectivity index (χ4n) is 2.60. The quantitative estimate of drug-likeness (QED) is 0.386. The number of aliphatic hydroxyl groups is 5. The maximum absolute atomic E-state index is 10.1. The summed E-state index contributed by atoms with van der Waals surface area (Å²) < 4.78 is 21.4. The highest BCUT2D eigenvalue weighted by Gasteiger charge is 2.45. The van der Waals surface area contributed by atoms with E-state index >= 15 is 0 Å². The summed E-state index contributed by atoms with van der Waals surface area (Å²) in [6.45, 7) is 2.94. The predicted octanol–water partition coefficient (Wildman–Crippen LogP) is -0.898. The van der Waals surface area contributed by atoms with Gasteiger partial charge in [-0.1, -0.05) is 6.08 Å². The first-order valence-corrected chi connectivity index (χ1v) is 7.91. The smallest absolute Gasteiger partial charge is 0.229 e. The lowest BCUT2D eigenvalue weighted by Crippen LogP contribution is -2.60. The molecule has 1 aliphatic rings. The molecule has 1 aromatic rings. The molecule has 1 fully saturated rings. The summed E-state index contributed by atoms with van der Waals surface area (Å²) in [5.41, 5.74) is 0.440. The molecule has 0 amide bonds. The van der Waals surface area contributed by atoms with Crippen molar-refractivity contribution in [3.05, 3.63) is 30.4 Å². The van der Waals surface area contributed by atoms with Crippen LogP contribution in [0.1, 0.15) is 11.7 Å². The molecule has 1 heterocycles. The molecule has 0 aliphatic carbocycles. The molecule has 0 bridgehead atoms. The van der Waals surface area contributed by atoms with Gasteiger partial charge < -0.3 is 44.5 Å². The normalized spacial score (nSPS) is 29.7. The first-order chi connectivity index (χ1) is 12.4. The zero-order valence-corrected chi connectivity index (χ0v) is 14.5. The first kappa shape index (κ1) is 20.4. The monoisotopic (exact) mass is 372 g/mol. The second-order valence-electron chi connectivity index (χ2n) is 5.75. The highest BCUT2D eigenvalue weighted by molar-refractivity contribution is 5.54. The molecule has 146 valence electrons. The largest absolute Gasteiger partial charge is 0.493 e. The van der Waals surface area contributed by atoms with Crippen molar-refractivity contribution in [2.45, 2.75) is 36.8 Å². The maximum atomic E-state index is 10.1. The van der Waals surface area contributed by atoms with E-state index in [0.717, 1.165) is 0 Å². The first-order valence-electron chi connectivity index (χ1n) is 7.91. The van der Waals surface area contributed by atoms with E-state index < -0.39 is 43.4 Å². The molecule has 9 nitrogen and oxygen atoms in total. The van der Waals surface area contributed by atoms with Crippen LogP contribution in [0.2, 0.25) is 0 Å². The zero-order chi connectivity index (χ0) is 19.4. The van der Waals surface area contributed by atoms with Gasteiger partial charge in [0.2, 0.25) is 12.0 Å². The van der Waals surface area contributed by atoms with Crippen LogP contribution >= 0.6 is 0 Å². The van der Waals surface area contributed by atoms with Crippen LogP contribution in [-0.2, 0) is 4.74 Å². The molecule has 9 heteroatoms. The number of hydrogen-bond donors (Lipinski definition) is 5. The van der Waals surface area contributed by atoms with Crippen molar-refractivity contribution in [3.8, 4) is 17.2 Å². The molecule has 0 spiro atoms. The van der Waals surface area contributed by atoms with Gasteiger partial charge in [-0.25, -0.2) is 0 Å². The Morgan fingerprint density at radius 1 is 1.12 bits per heavy atom. The molecule has 5 N–H and O–H groups in total. The molecule has 0 unspecified atom stereocenters. The highest BCUT2D eigenvalue weighted by Crippen LogP contribution is 2.41. The van der Waals surface area contributed by atoms with E-state index in [2.05, 4.69) is 6.58 Å². The van der Waals surface area contributed by atoms with E-state index in [1.165, 1.54) is 32.4 Å². The molecule has 1 saturated heterocycles. The molecule has 26 heavy (non-hydrogen) atoms. The van der Waals surface area contributed by atoms with Gasteiger partial charge in [-0.2, -0.15) is 0 Å². The second-order valence-corrected chi connectivity index (χ2v) is 5.75. The topological polar surface area (TPSA) is 138 Å². The van der Waals surface area contributed by atoms with Gasteiger partial charge in [0.25, 0.3) is 0 Å². The van der Waals surface area contributed by atoms with Crippen LogP contribution in [0.25, 0.3) is 0 Å². The Balaban J connectivity index is 2.37. The van der Waals surface area contributed by atoms with E-state index in [0.29, 0.717) is 5.56 Å². The molecule has 6 atom stereocenters. The van der Waals surface area contributed by atoms with E-state index in [-0.39, 0.29) is 17.2 Å². The Kier molecular flexibility index (Phi) is 6.81. The maximum Gasteiger partial charge on any atom is 0.229 e. The average molecular weight is 372 g/mol. The van der Waals surface area contributed by atoms with Crippen LogP contribution in [0, 0.1) is 0 Å².